The zero-order chi connectivity index (χ0) is 10.5. The predicted molar refractivity (Wildman–Crippen MR) is 55.9 cm³/mol. The number of hydrogen-bond donors (Lipinski definition) is 0. The minimum atomic E-state index is -0.378. The Morgan fingerprint density at radius 1 is 1.23 bits per heavy atom. The lowest BCUT2D eigenvalue weighted by molar-refractivity contribution is 0.175. The van der Waals surface area contributed by atoms with Crippen LogP contribution in [-0.4, -0.2) is 45.4 Å². The Morgan fingerprint density at radius 3 is 1.77 bits per heavy atom. The van der Waals surface area contributed by atoms with Gasteiger partial charge < -0.3 is 9.64 Å². The van der Waals surface area contributed by atoms with Crippen molar-refractivity contribution in [2.24, 2.45) is 0 Å². The summed E-state index contributed by atoms with van der Waals surface area (Å²) in [6.07, 6.45) is 2.83. The van der Waals surface area contributed by atoms with Gasteiger partial charge in [-0.05, 0) is 33.0 Å². The Labute approximate surface area is 82.1 Å². The summed E-state index contributed by atoms with van der Waals surface area (Å²) in [4.78, 5) is 2.36. The van der Waals surface area contributed by atoms with Crippen LogP contribution in [0.3, 0.4) is 0 Å². The van der Waals surface area contributed by atoms with Crippen LogP contribution in [0.15, 0.2) is 0 Å². The quantitative estimate of drug-likeness (QED) is 0.667. The van der Waals surface area contributed by atoms with Crippen LogP contribution in [0.1, 0.15) is 26.7 Å². The van der Waals surface area contributed by atoms with Crippen LogP contribution in [0.25, 0.3) is 0 Å². The maximum absolute atomic E-state index is 10.9. The summed E-state index contributed by atoms with van der Waals surface area (Å²) in [5, 5.41) is 0. The number of alkyl halides is 1. The summed E-state index contributed by atoms with van der Waals surface area (Å²) in [6, 6.07) is 0. The molecule has 13 heavy (non-hydrogen) atoms. The van der Waals surface area contributed by atoms with E-state index >= 15 is 0 Å². The lowest BCUT2D eigenvalue weighted by atomic mass is 10.4. The molecule has 0 unspecified atom stereocenters. The highest BCUT2D eigenvalue weighted by molar-refractivity contribution is 4.59. The van der Waals surface area contributed by atoms with E-state index in [1.165, 1.54) is 33.0 Å². The molecule has 1 aliphatic rings. The standard InChI is InChI=1S/C5H11N.C3H7FO.C2H6/c1-6-4-2-3-5-6;1-5-3-2-4;1-2/h2-5H2,1H3;2-3H2,1H3;1-2H3. The van der Waals surface area contributed by atoms with Crippen LogP contribution in [0.4, 0.5) is 4.39 Å². The molecule has 0 spiro atoms. The molecule has 1 saturated heterocycles. The molecule has 0 aromatic rings. The van der Waals surface area contributed by atoms with Crippen LogP contribution >= 0.6 is 0 Å². The average molecular weight is 193 g/mol. The van der Waals surface area contributed by atoms with Crippen LogP contribution in [0, 0.1) is 0 Å². The molecule has 0 aliphatic carbocycles. The van der Waals surface area contributed by atoms with Gasteiger partial charge in [-0.3, -0.25) is 0 Å². The van der Waals surface area contributed by atoms with Crippen molar-refractivity contribution in [2.45, 2.75) is 26.7 Å². The number of halogens is 1. The van der Waals surface area contributed by atoms with Gasteiger partial charge in [0.2, 0.25) is 0 Å². The average Bonchev–Trinajstić information content (AvgIpc) is 2.62. The molecule has 0 N–H and O–H groups in total. The van der Waals surface area contributed by atoms with E-state index in [1.54, 1.807) is 0 Å². The van der Waals surface area contributed by atoms with Crippen LogP contribution in [0.2, 0.25) is 0 Å². The second kappa shape index (κ2) is 14.4. The fourth-order valence-electron chi connectivity index (χ4n) is 0.952. The van der Waals surface area contributed by atoms with Crippen molar-refractivity contribution in [3.05, 3.63) is 0 Å². The summed E-state index contributed by atoms with van der Waals surface area (Å²) < 4.78 is 15.2. The second-order valence-corrected chi connectivity index (χ2v) is 2.69. The minimum Gasteiger partial charge on any atom is -0.382 e. The number of ether oxygens (including phenoxy) is 1. The van der Waals surface area contributed by atoms with Gasteiger partial charge in [-0.2, -0.15) is 0 Å². The summed E-state index contributed by atoms with van der Waals surface area (Å²) in [7, 11) is 3.65. The highest BCUT2D eigenvalue weighted by Crippen LogP contribution is 2.01. The van der Waals surface area contributed by atoms with Crippen molar-refractivity contribution < 1.29 is 9.13 Å². The first-order valence-corrected chi connectivity index (χ1v) is 5.04. The summed E-state index contributed by atoms with van der Waals surface area (Å²) in [6.45, 7) is 6.48. The Balaban J connectivity index is 0. The van der Waals surface area contributed by atoms with Crippen molar-refractivity contribution in [2.75, 3.05) is 40.5 Å². The minimum absolute atomic E-state index is 0.222. The maximum Gasteiger partial charge on any atom is 0.113 e. The molecule has 3 heteroatoms. The molecule has 1 aliphatic heterocycles. The third kappa shape index (κ3) is 14.7. The van der Waals surface area contributed by atoms with Gasteiger partial charge in [0.15, 0.2) is 0 Å². The molecule has 0 radical (unpaired) electrons. The zero-order valence-electron chi connectivity index (χ0n) is 9.48. The Morgan fingerprint density at radius 2 is 1.69 bits per heavy atom. The molecule has 0 aromatic heterocycles. The molecule has 82 valence electrons. The number of nitrogens with zero attached hydrogens (tertiary/aromatic N) is 1. The van der Waals surface area contributed by atoms with Gasteiger partial charge in [0, 0.05) is 7.11 Å². The first-order chi connectivity index (χ1) is 6.31. The molecule has 0 aromatic carbocycles. The molecule has 0 saturated carbocycles. The van der Waals surface area contributed by atoms with Crippen molar-refractivity contribution in [1.82, 2.24) is 4.90 Å². The summed E-state index contributed by atoms with van der Waals surface area (Å²) in [5.74, 6) is 0. The zero-order valence-corrected chi connectivity index (χ0v) is 9.48. The Hall–Kier alpha value is -0.150. The molecular formula is C10H24FNO. The fourth-order valence-corrected chi connectivity index (χ4v) is 0.952. The molecule has 2 nitrogen and oxygen atoms in total. The van der Waals surface area contributed by atoms with E-state index in [4.69, 9.17) is 0 Å². The van der Waals surface area contributed by atoms with Gasteiger partial charge in [0.05, 0.1) is 6.61 Å². The molecule has 0 bridgehead atoms. The van der Waals surface area contributed by atoms with Gasteiger partial charge in [0.1, 0.15) is 6.67 Å². The van der Waals surface area contributed by atoms with Gasteiger partial charge >= 0.3 is 0 Å². The first kappa shape index (κ1) is 15.3. The van der Waals surface area contributed by atoms with Crippen LogP contribution in [-0.2, 0) is 4.74 Å². The van der Waals surface area contributed by atoms with Crippen LogP contribution in [0.5, 0.6) is 0 Å². The van der Waals surface area contributed by atoms with E-state index in [0.29, 0.717) is 0 Å². The number of likely N-dealkylation sites (tertiary alicyclic amines) is 1. The van der Waals surface area contributed by atoms with Gasteiger partial charge in [-0.15, -0.1) is 0 Å². The second-order valence-electron chi connectivity index (χ2n) is 2.69. The largest absolute Gasteiger partial charge is 0.382 e. The molecular weight excluding hydrogens is 169 g/mol. The van der Waals surface area contributed by atoms with E-state index in [9.17, 15) is 4.39 Å². The van der Waals surface area contributed by atoms with E-state index in [2.05, 4.69) is 16.7 Å². The lowest BCUT2D eigenvalue weighted by Gasteiger charge is -2.01. The lowest BCUT2D eigenvalue weighted by Crippen LogP contribution is -2.10. The number of rotatable bonds is 2. The third-order valence-electron chi connectivity index (χ3n) is 1.61. The van der Waals surface area contributed by atoms with E-state index in [1.807, 2.05) is 13.8 Å². The smallest absolute Gasteiger partial charge is 0.113 e. The van der Waals surface area contributed by atoms with Crippen molar-refractivity contribution in [1.29, 1.82) is 0 Å². The van der Waals surface area contributed by atoms with Crippen molar-refractivity contribution in [3.8, 4) is 0 Å². The van der Waals surface area contributed by atoms with Gasteiger partial charge in [-0.25, -0.2) is 4.39 Å². The molecule has 1 heterocycles. The van der Waals surface area contributed by atoms with Crippen molar-refractivity contribution >= 4 is 0 Å². The van der Waals surface area contributed by atoms with E-state index in [0.717, 1.165) is 0 Å². The molecule has 1 rings (SSSR count). The van der Waals surface area contributed by atoms with Gasteiger partial charge in [0.25, 0.3) is 0 Å². The highest BCUT2D eigenvalue weighted by atomic mass is 19.1. The third-order valence-corrected chi connectivity index (χ3v) is 1.61. The molecule has 0 amide bonds. The van der Waals surface area contributed by atoms with Crippen molar-refractivity contribution in [3.63, 3.8) is 0 Å². The highest BCUT2D eigenvalue weighted by Gasteiger charge is 2.03. The Bertz CT molecular complexity index is 73.3. The molecule has 1 fully saturated rings. The Kier molecular flexibility index (Phi) is 17.0. The normalized spacial score (nSPS) is 15.5. The van der Waals surface area contributed by atoms with Crippen LogP contribution < -0.4 is 0 Å². The predicted octanol–water partition coefficient (Wildman–Crippen LogP) is 2.34. The SMILES string of the molecule is CC.CN1CCCC1.COCCF. The monoisotopic (exact) mass is 193 g/mol. The molecule has 0 atom stereocenters. The maximum atomic E-state index is 10.9. The fraction of sp³-hybridized carbons (Fsp3) is 1.00. The number of methoxy groups -OCH3 is 1. The van der Waals surface area contributed by atoms with E-state index < -0.39 is 0 Å². The topological polar surface area (TPSA) is 12.5 Å². The summed E-state index contributed by atoms with van der Waals surface area (Å²) in [5.41, 5.74) is 0. The first-order valence-electron chi connectivity index (χ1n) is 5.04. The van der Waals surface area contributed by atoms with E-state index in [-0.39, 0.29) is 13.3 Å². The van der Waals surface area contributed by atoms with Gasteiger partial charge in [-0.1, -0.05) is 13.8 Å². The number of hydrogen-bond acceptors (Lipinski definition) is 2. The summed E-state index contributed by atoms with van der Waals surface area (Å²) >= 11 is 0.